The molecule has 0 heterocycles. The Bertz CT molecular complexity index is 463. The van der Waals surface area contributed by atoms with Crippen molar-refractivity contribution in [3.63, 3.8) is 0 Å². The number of carbonyl (C=O) groups excluding carboxylic acids is 1. The van der Waals surface area contributed by atoms with Crippen molar-refractivity contribution in [3.05, 3.63) is 28.8 Å². The van der Waals surface area contributed by atoms with Crippen LogP contribution in [0.2, 0.25) is 0 Å². The van der Waals surface area contributed by atoms with E-state index in [1.807, 2.05) is 26.8 Å². The first kappa shape index (κ1) is 14.2. The normalized spacial score (nSPS) is 10.2. The monoisotopic (exact) mass is 250 g/mol. The molecule has 0 unspecified atom stereocenters. The number of aryl methyl sites for hydroxylation is 2. The molecule has 1 aromatic carbocycles. The SMILES string of the molecule is CCOc1cc(C)c(C)cc1C(=O)CCC(=O)O. The molecule has 0 radical (unpaired) electrons. The van der Waals surface area contributed by atoms with E-state index < -0.39 is 5.97 Å². The van der Waals surface area contributed by atoms with Crippen molar-refractivity contribution in [1.29, 1.82) is 0 Å². The summed E-state index contributed by atoms with van der Waals surface area (Å²) in [4.78, 5) is 22.4. The maximum Gasteiger partial charge on any atom is 0.303 e. The number of hydrogen-bond acceptors (Lipinski definition) is 3. The quantitative estimate of drug-likeness (QED) is 0.788. The highest BCUT2D eigenvalue weighted by Crippen LogP contribution is 2.25. The Morgan fingerprint density at radius 1 is 1.17 bits per heavy atom. The van der Waals surface area contributed by atoms with Crippen molar-refractivity contribution in [2.45, 2.75) is 33.6 Å². The molecule has 0 saturated carbocycles. The van der Waals surface area contributed by atoms with E-state index in [0.29, 0.717) is 17.9 Å². The van der Waals surface area contributed by atoms with Gasteiger partial charge >= 0.3 is 5.97 Å². The summed E-state index contributed by atoms with van der Waals surface area (Å²) >= 11 is 0. The zero-order chi connectivity index (χ0) is 13.7. The third-order valence-corrected chi connectivity index (χ3v) is 2.76. The molecule has 0 aliphatic carbocycles. The fourth-order valence-corrected chi connectivity index (χ4v) is 1.64. The summed E-state index contributed by atoms with van der Waals surface area (Å²) in [6.45, 7) is 6.19. The van der Waals surface area contributed by atoms with Gasteiger partial charge in [0.05, 0.1) is 18.6 Å². The number of carboxylic acid groups (broad SMARTS) is 1. The van der Waals surface area contributed by atoms with Crippen LogP contribution in [-0.2, 0) is 4.79 Å². The third kappa shape index (κ3) is 3.58. The predicted octanol–water partition coefficient (Wildman–Crippen LogP) is 2.75. The van der Waals surface area contributed by atoms with Gasteiger partial charge in [0.25, 0.3) is 0 Å². The van der Waals surface area contributed by atoms with Crippen molar-refractivity contribution in [1.82, 2.24) is 0 Å². The number of ketones is 1. The molecule has 4 nitrogen and oxygen atoms in total. The van der Waals surface area contributed by atoms with Gasteiger partial charge in [-0.25, -0.2) is 0 Å². The lowest BCUT2D eigenvalue weighted by atomic mass is 10.00. The van der Waals surface area contributed by atoms with E-state index in [4.69, 9.17) is 9.84 Å². The molecule has 0 fully saturated rings. The van der Waals surface area contributed by atoms with Crippen LogP contribution in [0.3, 0.4) is 0 Å². The summed E-state index contributed by atoms with van der Waals surface area (Å²) in [6, 6.07) is 3.59. The first-order chi connectivity index (χ1) is 8.45. The van der Waals surface area contributed by atoms with Crippen molar-refractivity contribution in [3.8, 4) is 5.75 Å². The van der Waals surface area contributed by atoms with E-state index >= 15 is 0 Å². The van der Waals surface area contributed by atoms with Crippen molar-refractivity contribution in [2.24, 2.45) is 0 Å². The molecular weight excluding hydrogens is 232 g/mol. The highest BCUT2D eigenvalue weighted by atomic mass is 16.5. The van der Waals surface area contributed by atoms with Gasteiger partial charge < -0.3 is 9.84 Å². The number of rotatable bonds is 6. The minimum atomic E-state index is -0.967. The molecule has 0 aliphatic heterocycles. The van der Waals surface area contributed by atoms with Crippen LogP contribution >= 0.6 is 0 Å². The first-order valence-corrected chi connectivity index (χ1v) is 5.94. The molecule has 4 heteroatoms. The fourth-order valence-electron chi connectivity index (χ4n) is 1.64. The highest BCUT2D eigenvalue weighted by Gasteiger charge is 2.15. The van der Waals surface area contributed by atoms with Crippen molar-refractivity contribution >= 4 is 11.8 Å². The Morgan fingerprint density at radius 2 is 1.78 bits per heavy atom. The number of aliphatic carboxylic acids is 1. The maximum absolute atomic E-state index is 12.0. The van der Waals surface area contributed by atoms with Crippen LogP contribution in [0.1, 0.15) is 41.3 Å². The standard InChI is InChI=1S/C14H18O4/c1-4-18-13-8-10(3)9(2)7-11(13)12(15)5-6-14(16)17/h7-8H,4-6H2,1-3H3,(H,16,17). The molecule has 18 heavy (non-hydrogen) atoms. The van der Waals surface area contributed by atoms with Gasteiger partial charge in [0.2, 0.25) is 0 Å². The molecule has 0 saturated heterocycles. The Hall–Kier alpha value is -1.84. The van der Waals surface area contributed by atoms with Gasteiger partial charge in [-0.3, -0.25) is 9.59 Å². The minimum absolute atomic E-state index is 0.00207. The van der Waals surface area contributed by atoms with Crippen LogP contribution in [0.15, 0.2) is 12.1 Å². The molecule has 1 rings (SSSR count). The van der Waals surface area contributed by atoms with Gasteiger partial charge in [-0.15, -0.1) is 0 Å². The smallest absolute Gasteiger partial charge is 0.303 e. The molecular formula is C14H18O4. The summed E-state index contributed by atoms with van der Waals surface area (Å²) < 4.78 is 5.43. The average molecular weight is 250 g/mol. The molecule has 98 valence electrons. The zero-order valence-electron chi connectivity index (χ0n) is 10.9. The Kier molecular flexibility index (Phi) is 4.89. The van der Waals surface area contributed by atoms with Crippen LogP contribution < -0.4 is 4.74 Å². The highest BCUT2D eigenvalue weighted by molar-refractivity contribution is 6.00. The Labute approximate surface area is 107 Å². The zero-order valence-corrected chi connectivity index (χ0v) is 10.9. The topological polar surface area (TPSA) is 63.6 Å². The van der Waals surface area contributed by atoms with Gasteiger partial charge in [0, 0.05) is 6.42 Å². The van der Waals surface area contributed by atoms with E-state index in [1.165, 1.54) is 0 Å². The van der Waals surface area contributed by atoms with Crippen molar-refractivity contribution in [2.75, 3.05) is 6.61 Å². The second-order valence-electron chi connectivity index (χ2n) is 4.18. The van der Waals surface area contributed by atoms with E-state index in [0.717, 1.165) is 11.1 Å². The van der Waals surface area contributed by atoms with Crippen LogP contribution in [0, 0.1) is 13.8 Å². The number of ether oxygens (including phenoxy) is 1. The van der Waals surface area contributed by atoms with Gasteiger partial charge in [-0.2, -0.15) is 0 Å². The summed E-state index contributed by atoms with van der Waals surface area (Å²) in [5.41, 5.74) is 2.52. The molecule has 0 aliphatic rings. The third-order valence-electron chi connectivity index (χ3n) is 2.76. The molecule has 0 bridgehead atoms. The summed E-state index contributed by atoms with van der Waals surface area (Å²) in [6.07, 6.45) is -0.158. The largest absolute Gasteiger partial charge is 0.493 e. The van der Waals surface area contributed by atoms with Crippen LogP contribution in [0.4, 0.5) is 0 Å². The summed E-state index contributed by atoms with van der Waals surface area (Å²) in [5, 5.41) is 8.60. The van der Waals surface area contributed by atoms with Gasteiger partial charge in [0.1, 0.15) is 5.75 Å². The average Bonchev–Trinajstić information content (AvgIpc) is 2.30. The van der Waals surface area contributed by atoms with Gasteiger partial charge in [-0.05, 0) is 44.0 Å². The number of Topliss-reactive ketones (excluding diaryl/α,β-unsaturated/α-hetero) is 1. The summed E-state index contributed by atoms with van der Waals surface area (Å²) in [7, 11) is 0. The molecule has 0 amide bonds. The summed E-state index contributed by atoms with van der Waals surface area (Å²) in [5.74, 6) is -0.620. The molecule has 0 atom stereocenters. The number of carbonyl (C=O) groups is 2. The van der Waals surface area contributed by atoms with E-state index in [9.17, 15) is 9.59 Å². The molecule has 0 spiro atoms. The van der Waals surface area contributed by atoms with E-state index in [-0.39, 0.29) is 18.6 Å². The van der Waals surface area contributed by atoms with Crippen LogP contribution in [-0.4, -0.2) is 23.5 Å². The van der Waals surface area contributed by atoms with Gasteiger partial charge in [-0.1, -0.05) is 0 Å². The fraction of sp³-hybridized carbons (Fsp3) is 0.429. The molecule has 1 aromatic rings. The molecule has 0 aromatic heterocycles. The van der Waals surface area contributed by atoms with Crippen LogP contribution in [0.25, 0.3) is 0 Å². The molecule has 1 N–H and O–H groups in total. The van der Waals surface area contributed by atoms with Gasteiger partial charge in [0.15, 0.2) is 5.78 Å². The second kappa shape index (κ2) is 6.19. The van der Waals surface area contributed by atoms with E-state index in [2.05, 4.69) is 0 Å². The van der Waals surface area contributed by atoms with Crippen LogP contribution in [0.5, 0.6) is 5.75 Å². The minimum Gasteiger partial charge on any atom is -0.493 e. The lowest BCUT2D eigenvalue weighted by Gasteiger charge is -2.12. The first-order valence-electron chi connectivity index (χ1n) is 5.94. The van der Waals surface area contributed by atoms with E-state index in [1.54, 1.807) is 6.07 Å². The maximum atomic E-state index is 12.0. The Balaban J connectivity index is 3.01. The number of benzene rings is 1. The lowest BCUT2D eigenvalue weighted by molar-refractivity contribution is -0.136. The Morgan fingerprint density at radius 3 is 2.33 bits per heavy atom. The lowest BCUT2D eigenvalue weighted by Crippen LogP contribution is -2.07. The number of carboxylic acids is 1. The van der Waals surface area contributed by atoms with Crippen molar-refractivity contribution < 1.29 is 19.4 Å². The predicted molar refractivity (Wildman–Crippen MR) is 68.3 cm³/mol. The number of hydrogen-bond donors (Lipinski definition) is 1. The second-order valence-corrected chi connectivity index (χ2v) is 4.18.